The van der Waals surface area contributed by atoms with Crippen molar-refractivity contribution in [1.29, 1.82) is 0 Å². The SMILES string of the molecule is COc1cccc(C(CNC(=O)CCNC(=O)c2ccccc2)N(C)C)c1. The number of rotatable bonds is 9. The molecule has 6 nitrogen and oxygen atoms in total. The van der Waals surface area contributed by atoms with Gasteiger partial charge in [0.05, 0.1) is 13.2 Å². The Bertz CT molecular complexity index is 747. The molecule has 6 heteroatoms. The second-order valence-electron chi connectivity index (χ2n) is 6.43. The van der Waals surface area contributed by atoms with E-state index in [4.69, 9.17) is 4.74 Å². The minimum Gasteiger partial charge on any atom is -0.497 e. The second kappa shape index (κ2) is 10.3. The maximum absolute atomic E-state index is 12.1. The van der Waals surface area contributed by atoms with Crippen molar-refractivity contribution in [1.82, 2.24) is 15.5 Å². The van der Waals surface area contributed by atoms with Gasteiger partial charge in [-0.2, -0.15) is 0 Å². The maximum Gasteiger partial charge on any atom is 0.251 e. The second-order valence-corrected chi connectivity index (χ2v) is 6.43. The average Bonchev–Trinajstić information content (AvgIpc) is 2.68. The monoisotopic (exact) mass is 369 g/mol. The van der Waals surface area contributed by atoms with Crippen LogP contribution in [0.3, 0.4) is 0 Å². The van der Waals surface area contributed by atoms with Gasteiger partial charge in [-0.3, -0.25) is 9.59 Å². The molecular formula is C21H27N3O3. The lowest BCUT2D eigenvalue weighted by Gasteiger charge is -2.25. The van der Waals surface area contributed by atoms with E-state index in [2.05, 4.69) is 10.6 Å². The number of amides is 2. The van der Waals surface area contributed by atoms with Gasteiger partial charge >= 0.3 is 0 Å². The molecule has 2 amide bonds. The molecule has 0 aliphatic carbocycles. The van der Waals surface area contributed by atoms with Crippen LogP contribution in [0.4, 0.5) is 0 Å². The lowest BCUT2D eigenvalue weighted by molar-refractivity contribution is -0.121. The Balaban J connectivity index is 1.81. The molecule has 0 saturated heterocycles. The van der Waals surface area contributed by atoms with Crippen LogP contribution in [0.15, 0.2) is 54.6 Å². The van der Waals surface area contributed by atoms with Crippen molar-refractivity contribution in [2.24, 2.45) is 0 Å². The molecule has 0 saturated carbocycles. The molecule has 2 aromatic rings. The van der Waals surface area contributed by atoms with Crippen molar-refractivity contribution >= 4 is 11.8 Å². The molecule has 0 aromatic heterocycles. The van der Waals surface area contributed by atoms with Crippen LogP contribution in [-0.2, 0) is 4.79 Å². The first-order valence-electron chi connectivity index (χ1n) is 8.91. The van der Waals surface area contributed by atoms with Crippen molar-refractivity contribution in [2.45, 2.75) is 12.5 Å². The van der Waals surface area contributed by atoms with E-state index in [0.29, 0.717) is 18.7 Å². The highest BCUT2D eigenvalue weighted by Gasteiger charge is 2.16. The van der Waals surface area contributed by atoms with Gasteiger partial charge in [0.25, 0.3) is 5.91 Å². The number of carbonyl (C=O) groups is 2. The van der Waals surface area contributed by atoms with Gasteiger partial charge in [0.2, 0.25) is 5.91 Å². The molecule has 0 fully saturated rings. The molecule has 0 bridgehead atoms. The van der Waals surface area contributed by atoms with Gasteiger partial charge in [-0.15, -0.1) is 0 Å². The molecule has 144 valence electrons. The lowest BCUT2D eigenvalue weighted by atomic mass is 10.1. The fourth-order valence-corrected chi connectivity index (χ4v) is 2.73. The molecular weight excluding hydrogens is 342 g/mol. The van der Waals surface area contributed by atoms with E-state index in [1.54, 1.807) is 19.2 Å². The number of methoxy groups -OCH3 is 1. The van der Waals surface area contributed by atoms with E-state index in [9.17, 15) is 9.59 Å². The van der Waals surface area contributed by atoms with Gasteiger partial charge < -0.3 is 20.3 Å². The summed E-state index contributed by atoms with van der Waals surface area (Å²) in [6.45, 7) is 0.775. The summed E-state index contributed by atoms with van der Waals surface area (Å²) in [5.74, 6) is 0.512. The van der Waals surface area contributed by atoms with E-state index in [0.717, 1.165) is 11.3 Å². The van der Waals surface area contributed by atoms with Crippen LogP contribution < -0.4 is 15.4 Å². The summed E-state index contributed by atoms with van der Waals surface area (Å²) < 4.78 is 5.28. The predicted octanol–water partition coefficient (Wildman–Crippen LogP) is 2.23. The number of likely N-dealkylation sites (N-methyl/N-ethyl adjacent to an activating group) is 1. The van der Waals surface area contributed by atoms with Crippen molar-refractivity contribution in [2.75, 3.05) is 34.3 Å². The van der Waals surface area contributed by atoms with E-state index >= 15 is 0 Å². The molecule has 0 aliphatic heterocycles. The summed E-state index contributed by atoms with van der Waals surface area (Å²) in [7, 11) is 5.57. The molecule has 1 atom stereocenters. The van der Waals surface area contributed by atoms with Gasteiger partial charge in [-0.25, -0.2) is 0 Å². The minimum absolute atomic E-state index is 0.0305. The fraction of sp³-hybridized carbons (Fsp3) is 0.333. The Morgan fingerprint density at radius 1 is 1.04 bits per heavy atom. The summed E-state index contributed by atoms with van der Waals surface area (Å²) in [6, 6.07) is 16.8. The van der Waals surface area contributed by atoms with Crippen LogP contribution in [0.25, 0.3) is 0 Å². The first kappa shape index (κ1) is 20.5. The van der Waals surface area contributed by atoms with Gasteiger partial charge in [0.15, 0.2) is 0 Å². The minimum atomic E-state index is -0.175. The fourth-order valence-electron chi connectivity index (χ4n) is 2.73. The summed E-state index contributed by atoms with van der Waals surface area (Å²) in [6.07, 6.45) is 0.233. The normalized spacial score (nSPS) is 11.7. The van der Waals surface area contributed by atoms with Gasteiger partial charge in [0.1, 0.15) is 5.75 Å². The molecule has 27 heavy (non-hydrogen) atoms. The highest BCUT2D eigenvalue weighted by molar-refractivity contribution is 5.94. The standard InChI is InChI=1S/C21H27N3O3/c1-24(2)19(17-10-7-11-18(14-17)27-3)15-23-20(25)12-13-22-21(26)16-8-5-4-6-9-16/h4-11,14,19H,12-13,15H2,1-3H3,(H,22,26)(H,23,25). The molecule has 0 spiro atoms. The number of carbonyl (C=O) groups excluding carboxylic acids is 2. The van der Waals surface area contributed by atoms with Crippen molar-refractivity contribution in [3.05, 3.63) is 65.7 Å². The number of nitrogens with one attached hydrogen (secondary N) is 2. The van der Waals surface area contributed by atoms with Gasteiger partial charge in [-0.05, 0) is 43.9 Å². The maximum atomic E-state index is 12.1. The zero-order chi connectivity index (χ0) is 19.6. The molecule has 0 radical (unpaired) electrons. The zero-order valence-electron chi connectivity index (χ0n) is 16.1. The first-order valence-corrected chi connectivity index (χ1v) is 8.91. The summed E-state index contributed by atoms with van der Waals surface area (Å²) in [4.78, 5) is 26.2. The van der Waals surface area contributed by atoms with E-state index < -0.39 is 0 Å². The Kier molecular flexibility index (Phi) is 7.82. The lowest BCUT2D eigenvalue weighted by Crippen LogP contribution is -2.36. The van der Waals surface area contributed by atoms with E-state index in [1.165, 1.54) is 0 Å². The number of benzene rings is 2. The van der Waals surface area contributed by atoms with Crippen LogP contribution in [-0.4, -0.2) is 51.0 Å². The zero-order valence-corrected chi connectivity index (χ0v) is 16.1. The molecule has 1 unspecified atom stereocenters. The molecule has 0 aliphatic rings. The van der Waals surface area contributed by atoms with Gasteiger partial charge in [-0.1, -0.05) is 30.3 Å². The van der Waals surface area contributed by atoms with Crippen molar-refractivity contribution < 1.29 is 14.3 Å². The average molecular weight is 369 g/mol. The smallest absolute Gasteiger partial charge is 0.251 e. The summed E-state index contributed by atoms with van der Waals surface area (Å²) in [5.41, 5.74) is 1.65. The van der Waals surface area contributed by atoms with Crippen LogP contribution >= 0.6 is 0 Å². The third kappa shape index (κ3) is 6.42. The Morgan fingerprint density at radius 2 is 1.78 bits per heavy atom. The van der Waals surface area contributed by atoms with E-state index in [1.807, 2.05) is 61.5 Å². The topological polar surface area (TPSA) is 70.7 Å². The summed E-state index contributed by atoms with van der Waals surface area (Å²) in [5, 5.41) is 5.70. The Morgan fingerprint density at radius 3 is 2.44 bits per heavy atom. The number of hydrogen-bond donors (Lipinski definition) is 2. The first-order chi connectivity index (χ1) is 13.0. The third-order valence-electron chi connectivity index (χ3n) is 4.27. The van der Waals surface area contributed by atoms with Crippen LogP contribution in [0, 0.1) is 0 Å². The number of hydrogen-bond acceptors (Lipinski definition) is 4. The molecule has 2 N–H and O–H groups in total. The number of nitrogens with zero attached hydrogens (tertiary/aromatic N) is 1. The predicted molar refractivity (Wildman–Crippen MR) is 106 cm³/mol. The van der Waals surface area contributed by atoms with Crippen molar-refractivity contribution in [3.8, 4) is 5.75 Å². The Hall–Kier alpha value is -2.86. The summed E-state index contributed by atoms with van der Waals surface area (Å²) >= 11 is 0. The number of ether oxygens (including phenoxy) is 1. The highest BCUT2D eigenvalue weighted by atomic mass is 16.5. The van der Waals surface area contributed by atoms with Crippen LogP contribution in [0.1, 0.15) is 28.4 Å². The molecule has 0 heterocycles. The highest BCUT2D eigenvalue weighted by Crippen LogP contribution is 2.22. The van der Waals surface area contributed by atoms with E-state index in [-0.39, 0.29) is 24.3 Å². The third-order valence-corrected chi connectivity index (χ3v) is 4.27. The largest absolute Gasteiger partial charge is 0.497 e. The van der Waals surface area contributed by atoms with Gasteiger partial charge in [0, 0.05) is 25.1 Å². The van der Waals surface area contributed by atoms with Crippen LogP contribution in [0.5, 0.6) is 5.75 Å². The molecule has 2 aromatic carbocycles. The van der Waals surface area contributed by atoms with Crippen LogP contribution in [0.2, 0.25) is 0 Å². The Labute approximate surface area is 160 Å². The van der Waals surface area contributed by atoms with Crippen molar-refractivity contribution in [3.63, 3.8) is 0 Å². The molecule has 2 rings (SSSR count). The quantitative estimate of drug-likeness (QED) is 0.711.